The molecule has 0 bridgehead atoms. The van der Waals surface area contributed by atoms with Gasteiger partial charge in [-0.1, -0.05) is 23.7 Å². The highest BCUT2D eigenvalue weighted by atomic mass is 79.9. The number of halogens is 2. The molecule has 0 spiro atoms. The van der Waals surface area contributed by atoms with Gasteiger partial charge in [-0.25, -0.2) is 0 Å². The molecule has 0 fully saturated rings. The number of aromatic amines is 1. The third kappa shape index (κ3) is 4.16. The third-order valence-electron chi connectivity index (χ3n) is 4.09. The van der Waals surface area contributed by atoms with Gasteiger partial charge in [-0.15, -0.1) is 0 Å². The number of hydrogen-bond donors (Lipinski definition) is 2. The predicted molar refractivity (Wildman–Crippen MR) is 105 cm³/mol. The van der Waals surface area contributed by atoms with Gasteiger partial charge < -0.3 is 5.32 Å². The minimum Gasteiger partial charge on any atom is -0.351 e. The molecule has 0 saturated heterocycles. The summed E-state index contributed by atoms with van der Waals surface area (Å²) in [4.78, 5) is 12.2. The van der Waals surface area contributed by atoms with E-state index in [4.69, 9.17) is 11.6 Å². The van der Waals surface area contributed by atoms with Crippen LogP contribution in [0.2, 0.25) is 5.02 Å². The lowest BCUT2D eigenvalue weighted by molar-refractivity contribution is 0.0947. The summed E-state index contributed by atoms with van der Waals surface area (Å²) < 4.78 is 2.98. The zero-order valence-electron chi connectivity index (χ0n) is 14.5. The average Bonchev–Trinajstić information content (AvgIpc) is 3.21. The van der Waals surface area contributed by atoms with Gasteiger partial charge in [0.2, 0.25) is 0 Å². The number of H-pyrrole nitrogens is 1. The fourth-order valence-corrected chi connectivity index (χ4v) is 3.04. The quantitative estimate of drug-likeness (QED) is 0.571. The van der Waals surface area contributed by atoms with E-state index in [1.807, 2.05) is 30.7 Å². The largest absolute Gasteiger partial charge is 0.351 e. The molecule has 0 aliphatic heterocycles. The zero-order chi connectivity index (χ0) is 18.7. The van der Waals surface area contributed by atoms with E-state index in [1.165, 1.54) is 0 Å². The molecule has 0 saturated carbocycles. The van der Waals surface area contributed by atoms with Gasteiger partial charge in [0.15, 0.2) is 0 Å². The van der Waals surface area contributed by atoms with E-state index in [1.54, 1.807) is 18.2 Å². The highest BCUT2D eigenvalue weighted by Crippen LogP contribution is 2.21. The van der Waals surface area contributed by atoms with Crippen LogP contribution in [0.4, 0.5) is 0 Å². The van der Waals surface area contributed by atoms with Gasteiger partial charge in [0.1, 0.15) is 5.69 Å². The van der Waals surface area contributed by atoms with E-state index >= 15 is 0 Å². The monoisotopic (exact) mass is 435 g/mol. The summed E-state index contributed by atoms with van der Waals surface area (Å²) in [5.41, 5.74) is 4.11. The maximum atomic E-state index is 12.2. The molecule has 1 amide bonds. The van der Waals surface area contributed by atoms with Crippen LogP contribution in [0.25, 0.3) is 11.3 Å². The summed E-state index contributed by atoms with van der Waals surface area (Å²) in [6.45, 7) is 5.29. The smallest absolute Gasteiger partial charge is 0.269 e. The van der Waals surface area contributed by atoms with Crippen LogP contribution in [0.5, 0.6) is 0 Å². The second-order valence-corrected chi connectivity index (χ2v) is 7.22. The third-order valence-corrected chi connectivity index (χ3v) is 5.49. The highest BCUT2D eigenvalue weighted by molar-refractivity contribution is 9.10. The molecule has 2 aromatic heterocycles. The Morgan fingerprint density at radius 3 is 2.69 bits per heavy atom. The molecule has 6 nitrogen and oxygen atoms in total. The zero-order valence-corrected chi connectivity index (χ0v) is 16.9. The van der Waals surface area contributed by atoms with Crippen LogP contribution < -0.4 is 5.32 Å². The summed E-state index contributed by atoms with van der Waals surface area (Å²) in [6, 6.07) is 9.06. The molecule has 3 rings (SSSR count). The lowest BCUT2D eigenvalue weighted by atomic mass is 10.1. The van der Waals surface area contributed by atoms with E-state index in [2.05, 4.69) is 36.5 Å². The van der Waals surface area contributed by atoms with Gasteiger partial charge in [0.05, 0.1) is 15.9 Å². The highest BCUT2D eigenvalue weighted by Gasteiger charge is 2.11. The number of carbonyl (C=O) groups excluding carboxylic acids is 1. The number of benzene rings is 1. The average molecular weight is 437 g/mol. The van der Waals surface area contributed by atoms with Crippen LogP contribution in [0.3, 0.4) is 0 Å². The number of rotatable bonds is 6. The topological polar surface area (TPSA) is 75.6 Å². The van der Waals surface area contributed by atoms with Crippen molar-refractivity contribution in [1.82, 2.24) is 25.3 Å². The Balaban J connectivity index is 1.52. The van der Waals surface area contributed by atoms with Crippen molar-refractivity contribution in [1.29, 1.82) is 0 Å². The standard InChI is InChI=1S/C18H19BrClN5O/c1-11-17(19)12(2)25(24-11)9-3-8-21-18(26)16-10-15(22-23-16)13-4-6-14(20)7-5-13/h4-7,10H,3,8-9H2,1-2H3,(H,21,26)(H,22,23). The number of aromatic nitrogens is 4. The van der Waals surface area contributed by atoms with Gasteiger partial charge >= 0.3 is 0 Å². The number of hydrogen-bond acceptors (Lipinski definition) is 3. The fourth-order valence-electron chi connectivity index (χ4n) is 2.63. The Morgan fingerprint density at radius 2 is 2.04 bits per heavy atom. The van der Waals surface area contributed by atoms with Crippen LogP contribution in [0.1, 0.15) is 28.3 Å². The van der Waals surface area contributed by atoms with Gasteiger partial charge in [-0.3, -0.25) is 14.6 Å². The first kappa shape index (κ1) is 18.7. The van der Waals surface area contributed by atoms with Crippen molar-refractivity contribution in [2.24, 2.45) is 0 Å². The number of aryl methyl sites for hydroxylation is 2. The number of nitrogens with one attached hydrogen (secondary N) is 2. The molecule has 0 atom stereocenters. The molecular weight excluding hydrogens is 418 g/mol. The summed E-state index contributed by atoms with van der Waals surface area (Å²) in [5, 5.41) is 15.0. The molecule has 0 radical (unpaired) electrons. The van der Waals surface area contributed by atoms with Crippen molar-refractivity contribution in [2.75, 3.05) is 6.54 Å². The van der Waals surface area contributed by atoms with Crippen LogP contribution in [0.15, 0.2) is 34.8 Å². The molecular formula is C18H19BrClN5O. The SMILES string of the molecule is Cc1nn(CCCNC(=O)c2cc(-c3ccc(Cl)cc3)n[nH]2)c(C)c1Br. The first-order valence-corrected chi connectivity index (χ1v) is 9.42. The summed E-state index contributed by atoms with van der Waals surface area (Å²) in [6.07, 6.45) is 0.790. The second kappa shape index (κ2) is 8.05. The van der Waals surface area contributed by atoms with Gasteiger partial charge in [0, 0.05) is 29.4 Å². The molecule has 2 heterocycles. The van der Waals surface area contributed by atoms with Crippen molar-refractivity contribution < 1.29 is 4.79 Å². The van der Waals surface area contributed by atoms with Crippen molar-refractivity contribution in [3.63, 3.8) is 0 Å². The molecule has 26 heavy (non-hydrogen) atoms. The normalized spacial score (nSPS) is 10.9. The number of amides is 1. The Hall–Kier alpha value is -2.12. The van der Waals surface area contributed by atoms with Crippen LogP contribution in [0, 0.1) is 13.8 Å². The minimum absolute atomic E-state index is 0.174. The van der Waals surface area contributed by atoms with Crippen molar-refractivity contribution in [3.05, 3.63) is 56.9 Å². The number of carbonyl (C=O) groups is 1. The lowest BCUT2D eigenvalue weighted by Crippen LogP contribution is -2.25. The van der Waals surface area contributed by atoms with Gasteiger partial charge in [-0.05, 0) is 54.4 Å². The Labute approximate surface area is 165 Å². The predicted octanol–water partition coefficient (Wildman–Crippen LogP) is 4.13. The molecule has 0 aliphatic rings. The molecule has 0 unspecified atom stereocenters. The van der Waals surface area contributed by atoms with Crippen LogP contribution in [-0.4, -0.2) is 32.4 Å². The van der Waals surface area contributed by atoms with E-state index in [0.29, 0.717) is 23.0 Å². The van der Waals surface area contributed by atoms with Crippen molar-refractivity contribution in [2.45, 2.75) is 26.8 Å². The molecule has 2 N–H and O–H groups in total. The summed E-state index contributed by atoms with van der Waals surface area (Å²) in [7, 11) is 0. The maximum absolute atomic E-state index is 12.2. The van der Waals surface area contributed by atoms with Gasteiger partial charge in [0.25, 0.3) is 5.91 Å². The Morgan fingerprint density at radius 1 is 1.31 bits per heavy atom. The Kier molecular flexibility index (Phi) is 5.78. The van der Waals surface area contributed by atoms with Crippen LogP contribution in [-0.2, 0) is 6.54 Å². The molecule has 8 heteroatoms. The van der Waals surface area contributed by atoms with Crippen LogP contribution >= 0.6 is 27.5 Å². The first-order valence-electron chi connectivity index (χ1n) is 8.25. The lowest BCUT2D eigenvalue weighted by Gasteiger charge is -2.05. The maximum Gasteiger partial charge on any atom is 0.269 e. The Bertz CT molecular complexity index is 916. The van der Waals surface area contributed by atoms with Crippen molar-refractivity contribution >= 4 is 33.4 Å². The summed E-state index contributed by atoms with van der Waals surface area (Å²) >= 11 is 9.41. The second-order valence-electron chi connectivity index (χ2n) is 5.99. The summed E-state index contributed by atoms with van der Waals surface area (Å²) in [5.74, 6) is -0.174. The van der Waals surface area contributed by atoms with E-state index in [0.717, 1.165) is 34.4 Å². The molecule has 1 aromatic carbocycles. The van der Waals surface area contributed by atoms with Gasteiger partial charge in [-0.2, -0.15) is 10.2 Å². The fraction of sp³-hybridized carbons (Fsp3) is 0.278. The number of nitrogens with zero attached hydrogens (tertiary/aromatic N) is 3. The minimum atomic E-state index is -0.174. The molecule has 136 valence electrons. The first-order chi connectivity index (χ1) is 12.5. The molecule has 0 aliphatic carbocycles. The van der Waals surface area contributed by atoms with E-state index < -0.39 is 0 Å². The van der Waals surface area contributed by atoms with E-state index in [-0.39, 0.29) is 5.91 Å². The molecule has 3 aromatic rings. The van der Waals surface area contributed by atoms with E-state index in [9.17, 15) is 4.79 Å². The van der Waals surface area contributed by atoms with Crippen molar-refractivity contribution in [3.8, 4) is 11.3 Å².